The third-order valence-electron chi connectivity index (χ3n) is 3.21. The van der Waals surface area contributed by atoms with Gasteiger partial charge in [0.1, 0.15) is 0 Å². The van der Waals surface area contributed by atoms with Crippen molar-refractivity contribution in [1.29, 1.82) is 0 Å². The van der Waals surface area contributed by atoms with Crippen LogP contribution in [0.15, 0.2) is 24.3 Å². The number of aliphatic hydroxyl groups excluding tert-OH is 1. The van der Waals surface area contributed by atoms with Crippen molar-refractivity contribution < 1.29 is 5.11 Å². The van der Waals surface area contributed by atoms with Crippen molar-refractivity contribution in [3.8, 4) is 0 Å². The number of hydrogen-bond donors (Lipinski definition) is 2. The molecule has 2 nitrogen and oxygen atoms in total. The molecule has 0 aliphatic rings. The minimum atomic E-state index is -0.278. The molecule has 0 saturated heterocycles. The van der Waals surface area contributed by atoms with Crippen molar-refractivity contribution in [2.45, 2.75) is 39.7 Å². The van der Waals surface area contributed by atoms with Crippen LogP contribution in [-0.4, -0.2) is 11.7 Å². The maximum absolute atomic E-state index is 9.29. The molecule has 0 aromatic heterocycles. The van der Waals surface area contributed by atoms with E-state index in [1.807, 2.05) is 13.8 Å². The number of aliphatic hydroxyl groups is 1. The van der Waals surface area contributed by atoms with E-state index >= 15 is 0 Å². The zero-order chi connectivity index (χ0) is 12.3. The Morgan fingerprint density at radius 3 is 1.94 bits per heavy atom. The number of benzene rings is 1. The number of hydrogen-bond acceptors (Lipinski definition) is 2. The van der Waals surface area contributed by atoms with Crippen LogP contribution in [0.2, 0.25) is 0 Å². The summed E-state index contributed by atoms with van der Waals surface area (Å²) in [5, 5.41) is 9.29. The summed E-state index contributed by atoms with van der Waals surface area (Å²) in [4.78, 5) is 0. The Labute approximate surface area is 98.5 Å². The van der Waals surface area contributed by atoms with Crippen LogP contribution in [0, 0.1) is 5.41 Å². The van der Waals surface area contributed by atoms with Gasteiger partial charge < -0.3 is 10.8 Å². The van der Waals surface area contributed by atoms with Gasteiger partial charge in [0, 0.05) is 18.1 Å². The highest BCUT2D eigenvalue weighted by atomic mass is 16.3. The third-order valence-corrected chi connectivity index (χ3v) is 3.21. The normalized spacial score (nSPS) is 14.2. The van der Waals surface area contributed by atoms with Gasteiger partial charge >= 0.3 is 0 Å². The minimum absolute atomic E-state index is 0.0973. The molecular formula is C14H23NO. The minimum Gasteiger partial charge on any atom is -0.396 e. The van der Waals surface area contributed by atoms with Crippen LogP contribution in [0.3, 0.4) is 0 Å². The molecule has 3 N–H and O–H groups in total. The quantitative estimate of drug-likeness (QED) is 0.821. The fourth-order valence-corrected chi connectivity index (χ4v) is 1.64. The van der Waals surface area contributed by atoms with E-state index in [1.165, 1.54) is 5.56 Å². The second-order valence-corrected chi connectivity index (χ2v) is 5.45. The third kappa shape index (κ3) is 2.83. The van der Waals surface area contributed by atoms with Gasteiger partial charge in [-0.15, -0.1) is 0 Å². The molecule has 1 aromatic carbocycles. The topological polar surface area (TPSA) is 46.2 Å². The molecule has 0 fully saturated rings. The van der Waals surface area contributed by atoms with E-state index in [2.05, 4.69) is 38.1 Å². The second-order valence-electron chi connectivity index (χ2n) is 5.45. The fraction of sp³-hybridized carbons (Fsp3) is 0.571. The van der Waals surface area contributed by atoms with Crippen LogP contribution in [0.25, 0.3) is 0 Å². The summed E-state index contributed by atoms with van der Waals surface area (Å²) in [5.74, 6) is 0.538. The monoisotopic (exact) mass is 221 g/mol. The lowest BCUT2D eigenvalue weighted by Gasteiger charge is -2.29. The molecule has 0 radical (unpaired) electrons. The summed E-state index contributed by atoms with van der Waals surface area (Å²) >= 11 is 0. The molecule has 0 aliphatic carbocycles. The molecule has 0 saturated carbocycles. The summed E-state index contributed by atoms with van der Waals surface area (Å²) in [6.07, 6.45) is 0. The molecule has 0 heterocycles. The van der Waals surface area contributed by atoms with Crippen LogP contribution < -0.4 is 5.73 Å². The highest BCUT2D eigenvalue weighted by molar-refractivity contribution is 5.27. The lowest BCUT2D eigenvalue weighted by Crippen LogP contribution is -2.32. The average Bonchev–Trinajstić information content (AvgIpc) is 2.28. The van der Waals surface area contributed by atoms with E-state index in [-0.39, 0.29) is 18.1 Å². The molecule has 0 amide bonds. The Morgan fingerprint density at radius 1 is 1.12 bits per heavy atom. The zero-order valence-electron chi connectivity index (χ0n) is 10.7. The summed E-state index contributed by atoms with van der Waals surface area (Å²) in [7, 11) is 0. The first kappa shape index (κ1) is 13.2. The molecule has 1 atom stereocenters. The fourth-order valence-electron chi connectivity index (χ4n) is 1.64. The molecule has 0 unspecified atom stereocenters. The largest absolute Gasteiger partial charge is 0.396 e. The highest BCUT2D eigenvalue weighted by Crippen LogP contribution is 2.31. The Morgan fingerprint density at radius 2 is 1.56 bits per heavy atom. The van der Waals surface area contributed by atoms with Gasteiger partial charge in [0.25, 0.3) is 0 Å². The molecule has 0 spiro atoms. The van der Waals surface area contributed by atoms with Gasteiger partial charge in [0.05, 0.1) is 0 Å². The van der Waals surface area contributed by atoms with Gasteiger partial charge in [-0.05, 0) is 17.0 Å². The van der Waals surface area contributed by atoms with Crippen molar-refractivity contribution >= 4 is 0 Å². The maximum Gasteiger partial charge on any atom is 0.0500 e. The Hall–Kier alpha value is -0.860. The van der Waals surface area contributed by atoms with E-state index in [0.717, 1.165) is 5.56 Å². The first-order chi connectivity index (χ1) is 7.38. The van der Waals surface area contributed by atoms with Crippen LogP contribution in [0.5, 0.6) is 0 Å². The van der Waals surface area contributed by atoms with Crippen LogP contribution in [-0.2, 0) is 0 Å². The molecule has 16 heavy (non-hydrogen) atoms. The van der Waals surface area contributed by atoms with Crippen molar-refractivity contribution in [2.75, 3.05) is 6.61 Å². The van der Waals surface area contributed by atoms with E-state index in [4.69, 9.17) is 5.73 Å². The molecule has 0 aliphatic heterocycles. The van der Waals surface area contributed by atoms with E-state index in [0.29, 0.717) is 5.92 Å². The smallest absolute Gasteiger partial charge is 0.0500 e. The Kier molecular flexibility index (Phi) is 4.11. The second kappa shape index (κ2) is 4.98. The first-order valence-corrected chi connectivity index (χ1v) is 5.85. The zero-order valence-corrected chi connectivity index (χ0v) is 10.7. The molecule has 1 rings (SSSR count). The predicted molar refractivity (Wildman–Crippen MR) is 68.3 cm³/mol. The SMILES string of the molecule is CC(C)c1ccc([C@@H](N)C(C)(C)CO)cc1. The summed E-state index contributed by atoms with van der Waals surface area (Å²) < 4.78 is 0. The van der Waals surface area contributed by atoms with Crippen LogP contribution in [0.4, 0.5) is 0 Å². The first-order valence-electron chi connectivity index (χ1n) is 5.85. The molecule has 90 valence electrons. The average molecular weight is 221 g/mol. The Bertz CT molecular complexity index is 327. The number of nitrogens with two attached hydrogens (primary N) is 1. The van der Waals surface area contributed by atoms with Gasteiger partial charge in [0.2, 0.25) is 0 Å². The summed E-state index contributed by atoms with van der Waals surface area (Å²) in [5.41, 5.74) is 8.27. The number of rotatable bonds is 4. The molecule has 1 aromatic rings. The standard InChI is InChI=1S/C14H23NO/c1-10(2)11-5-7-12(8-6-11)13(15)14(3,4)9-16/h5-8,10,13,16H,9,15H2,1-4H3/t13-/m1/s1. The van der Waals surface area contributed by atoms with E-state index < -0.39 is 0 Å². The summed E-state index contributed by atoms with van der Waals surface area (Å²) in [6.45, 7) is 8.40. The van der Waals surface area contributed by atoms with Crippen molar-refractivity contribution in [3.05, 3.63) is 35.4 Å². The van der Waals surface area contributed by atoms with Crippen LogP contribution in [0.1, 0.15) is 50.8 Å². The van der Waals surface area contributed by atoms with Gasteiger partial charge in [-0.1, -0.05) is 52.0 Å². The lowest BCUT2D eigenvalue weighted by molar-refractivity contribution is 0.132. The van der Waals surface area contributed by atoms with Gasteiger partial charge in [-0.25, -0.2) is 0 Å². The maximum atomic E-state index is 9.29. The molecule has 2 heteroatoms. The van der Waals surface area contributed by atoms with E-state index in [1.54, 1.807) is 0 Å². The highest BCUT2D eigenvalue weighted by Gasteiger charge is 2.26. The predicted octanol–water partition coefficient (Wildman–Crippen LogP) is 2.83. The van der Waals surface area contributed by atoms with E-state index in [9.17, 15) is 5.11 Å². The van der Waals surface area contributed by atoms with Gasteiger partial charge in [-0.3, -0.25) is 0 Å². The Balaban J connectivity index is 2.90. The molecule has 0 bridgehead atoms. The molecular weight excluding hydrogens is 198 g/mol. The van der Waals surface area contributed by atoms with Crippen molar-refractivity contribution in [1.82, 2.24) is 0 Å². The van der Waals surface area contributed by atoms with Crippen molar-refractivity contribution in [2.24, 2.45) is 11.1 Å². The lowest BCUT2D eigenvalue weighted by atomic mass is 9.81. The summed E-state index contributed by atoms with van der Waals surface area (Å²) in [6, 6.07) is 8.24. The van der Waals surface area contributed by atoms with Crippen LogP contribution >= 0.6 is 0 Å². The van der Waals surface area contributed by atoms with Crippen molar-refractivity contribution in [3.63, 3.8) is 0 Å². The van der Waals surface area contributed by atoms with Gasteiger partial charge in [0.15, 0.2) is 0 Å². The van der Waals surface area contributed by atoms with Gasteiger partial charge in [-0.2, -0.15) is 0 Å².